The monoisotopic (exact) mass is 405 g/mol. The molecule has 0 aliphatic heterocycles. The zero-order chi connectivity index (χ0) is 21.2. The lowest BCUT2D eigenvalue weighted by Gasteiger charge is -2.15. The van der Waals surface area contributed by atoms with Crippen LogP contribution in [0.1, 0.15) is 16.8 Å². The lowest BCUT2D eigenvalue weighted by molar-refractivity contribution is 0.0949. The zero-order valence-electron chi connectivity index (χ0n) is 16.5. The molecule has 0 atom stereocenters. The summed E-state index contributed by atoms with van der Waals surface area (Å²) < 4.78 is 29.2. The van der Waals surface area contributed by atoms with Crippen LogP contribution in [0.5, 0.6) is 17.2 Å². The first-order valence-electron chi connectivity index (χ1n) is 8.87. The fourth-order valence-electron chi connectivity index (χ4n) is 2.56. The molecule has 156 valence electrons. The second-order valence-corrected chi connectivity index (χ2v) is 5.88. The maximum atomic E-state index is 13.5. The minimum atomic E-state index is -0.576. The number of urea groups is 1. The normalized spacial score (nSPS) is 10.1. The molecule has 9 heteroatoms. The molecule has 2 aromatic carbocycles. The maximum Gasteiger partial charge on any atom is 0.319 e. The van der Waals surface area contributed by atoms with Gasteiger partial charge >= 0.3 is 6.03 Å². The van der Waals surface area contributed by atoms with Gasteiger partial charge in [0.25, 0.3) is 5.91 Å². The Morgan fingerprint density at radius 2 is 1.55 bits per heavy atom. The van der Waals surface area contributed by atoms with Crippen molar-refractivity contribution >= 4 is 17.6 Å². The van der Waals surface area contributed by atoms with Gasteiger partial charge in [0.2, 0.25) is 5.75 Å². The molecule has 0 saturated heterocycles. The number of benzene rings is 2. The Kier molecular flexibility index (Phi) is 8.08. The van der Waals surface area contributed by atoms with E-state index in [4.69, 9.17) is 14.2 Å². The number of amides is 3. The fraction of sp³-hybridized carbons (Fsp3) is 0.300. The predicted octanol–water partition coefficient (Wildman–Crippen LogP) is 2.79. The Balaban J connectivity index is 1.79. The Labute approximate surface area is 168 Å². The second kappa shape index (κ2) is 10.7. The number of ether oxygens (including phenoxy) is 3. The van der Waals surface area contributed by atoms with E-state index in [1.165, 1.54) is 39.5 Å². The van der Waals surface area contributed by atoms with E-state index in [1.54, 1.807) is 18.2 Å². The number of nitrogens with one attached hydrogen (secondary N) is 3. The average Bonchev–Trinajstić information content (AvgIpc) is 2.72. The van der Waals surface area contributed by atoms with E-state index in [0.29, 0.717) is 35.9 Å². The first kappa shape index (κ1) is 21.8. The van der Waals surface area contributed by atoms with Crippen molar-refractivity contribution in [3.8, 4) is 17.2 Å². The van der Waals surface area contributed by atoms with Crippen molar-refractivity contribution in [3.63, 3.8) is 0 Å². The minimum absolute atomic E-state index is 0.0133. The average molecular weight is 405 g/mol. The Morgan fingerprint density at radius 1 is 0.931 bits per heavy atom. The topological polar surface area (TPSA) is 97.9 Å². The van der Waals surface area contributed by atoms with Crippen LogP contribution in [-0.2, 0) is 0 Å². The molecular formula is C20H24FN3O5. The van der Waals surface area contributed by atoms with Crippen molar-refractivity contribution in [2.75, 3.05) is 39.7 Å². The van der Waals surface area contributed by atoms with Gasteiger partial charge in [-0.05, 0) is 18.6 Å². The molecule has 0 saturated carbocycles. The molecule has 0 radical (unpaired) electrons. The van der Waals surface area contributed by atoms with Crippen LogP contribution in [-0.4, -0.2) is 46.4 Å². The third kappa shape index (κ3) is 6.00. The highest BCUT2D eigenvalue weighted by Crippen LogP contribution is 2.39. The summed E-state index contributed by atoms with van der Waals surface area (Å²) in [6.07, 6.45) is 0.475. The van der Waals surface area contributed by atoms with Crippen molar-refractivity contribution < 1.29 is 28.2 Å². The van der Waals surface area contributed by atoms with Gasteiger partial charge in [0, 0.05) is 25.2 Å². The number of methoxy groups -OCH3 is 3. The SMILES string of the molecule is COc1cc(NC(=O)NCCCNC(=O)c2ccccc2F)cc(OC)c1OC. The van der Waals surface area contributed by atoms with Gasteiger partial charge in [0.1, 0.15) is 5.82 Å². The van der Waals surface area contributed by atoms with Gasteiger partial charge in [0.15, 0.2) is 11.5 Å². The Hall–Kier alpha value is -3.49. The summed E-state index contributed by atoms with van der Waals surface area (Å²) in [6.45, 7) is 0.603. The van der Waals surface area contributed by atoms with Crippen LogP contribution in [0.15, 0.2) is 36.4 Å². The van der Waals surface area contributed by atoms with Crippen LogP contribution < -0.4 is 30.2 Å². The van der Waals surface area contributed by atoms with Crippen LogP contribution in [0.4, 0.5) is 14.9 Å². The van der Waals surface area contributed by atoms with E-state index in [1.807, 2.05) is 0 Å². The van der Waals surface area contributed by atoms with E-state index < -0.39 is 17.8 Å². The van der Waals surface area contributed by atoms with Crippen LogP contribution in [0.25, 0.3) is 0 Å². The molecule has 3 N–H and O–H groups in total. The largest absolute Gasteiger partial charge is 0.493 e. The standard InChI is InChI=1S/C20H24FN3O5/c1-27-16-11-13(12-17(28-2)18(16)29-3)24-20(26)23-10-6-9-22-19(25)14-7-4-5-8-15(14)21/h4-5,7-8,11-12H,6,9-10H2,1-3H3,(H,22,25)(H2,23,24,26). The molecule has 0 aliphatic carbocycles. The van der Waals surface area contributed by atoms with Gasteiger partial charge in [0.05, 0.1) is 32.6 Å². The maximum absolute atomic E-state index is 13.5. The van der Waals surface area contributed by atoms with E-state index in [2.05, 4.69) is 16.0 Å². The molecule has 8 nitrogen and oxygen atoms in total. The molecule has 0 aliphatic rings. The molecule has 2 rings (SSSR count). The van der Waals surface area contributed by atoms with Crippen molar-refractivity contribution in [2.24, 2.45) is 0 Å². The second-order valence-electron chi connectivity index (χ2n) is 5.88. The van der Waals surface area contributed by atoms with E-state index >= 15 is 0 Å². The van der Waals surface area contributed by atoms with E-state index in [-0.39, 0.29) is 12.1 Å². The van der Waals surface area contributed by atoms with Crippen molar-refractivity contribution in [1.29, 1.82) is 0 Å². The smallest absolute Gasteiger partial charge is 0.319 e. The van der Waals surface area contributed by atoms with Gasteiger partial charge in [-0.25, -0.2) is 9.18 Å². The third-order valence-electron chi connectivity index (χ3n) is 3.97. The molecule has 0 unspecified atom stereocenters. The van der Waals surface area contributed by atoms with Gasteiger partial charge in [-0.2, -0.15) is 0 Å². The summed E-state index contributed by atoms with van der Waals surface area (Å²) in [7, 11) is 4.46. The first-order chi connectivity index (χ1) is 14.0. The highest BCUT2D eigenvalue weighted by atomic mass is 19.1. The summed E-state index contributed by atoms with van der Waals surface area (Å²) >= 11 is 0. The zero-order valence-corrected chi connectivity index (χ0v) is 16.5. The van der Waals surface area contributed by atoms with Crippen molar-refractivity contribution in [3.05, 3.63) is 47.8 Å². The predicted molar refractivity (Wildman–Crippen MR) is 106 cm³/mol. The van der Waals surface area contributed by atoms with Gasteiger partial charge < -0.3 is 30.2 Å². The summed E-state index contributed by atoms with van der Waals surface area (Å²) in [5.41, 5.74) is 0.449. The molecule has 0 heterocycles. The Bertz CT molecular complexity index is 835. The van der Waals surface area contributed by atoms with Gasteiger partial charge in [-0.3, -0.25) is 4.79 Å². The molecule has 0 aromatic heterocycles. The third-order valence-corrected chi connectivity index (χ3v) is 3.97. The van der Waals surface area contributed by atoms with Gasteiger partial charge in [-0.1, -0.05) is 12.1 Å². The molecule has 3 amide bonds. The number of halogens is 1. The summed E-state index contributed by atoms with van der Waals surface area (Å²) in [5.74, 6) is 0.181. The van der Waals surface area contributed by atoms with Crippen molar-refractivity contribution in [2.45, 2.75) is 6.42 Å². The molecular weight excluding hydrogens is 381 g/mol. The highest BCUT2D eigenvalue weighted by Gasteiger charge is 2.14. The fourth-order valence-corrected chi connectivity index (χ4v) is 2.56. The molecule has 2 aromatic rings. The van der Waals surface area contributed by atoms with E-state index in [9.17, 15) is 14.0 Å². The number of anilines is 1. The van der Waals surface area contributed by atoms with Crippen LogP contribution in [0, 0.1) is 5.82 Å². The van der Waals surface area contributed by atoms with Gasteiger partial charge in [-0.15, -0.1) is 0 Å². The minimum Gasteiger partial charge on any atom is -0.493 e. The van der Waals surface area contributed by atoms with Crippen LogP contribution in [0.3, 0.4) is 0 Å². The van der Waals surface area contributed by atoms with Crippen molar-refractivity contribution in [1.82, 2.24) is 10.6 Å². The molecule has 0 bridgehead atoms. The summed E-state index contributed by atoms with van der Waals surface area (Å²) in [6, 6.07) is 8.53. The summed E-state index contributed by atoms with van der Waals surface area (Å²) in [5, 5.41) is 7.95. The Morgan fingerprint density at radius 3 is 2.14 bits per heavy atom. The van der Waals surface area contributed by atoms with Crippen LogP contribution >= 0.6 is 0 Å². The highest BCUT2D eigenvalue weighted by molar-refractivity contribution is 5.94. The molecule has 0 fully saturated rings. The molecule has 0 spiro atoms. The first-order valence-corrected chi connectivity index (χ1v) is 8.87. The number of rotatable bonds is 9. The number of carbonyl (C=O) groups is 2. The lowest BCUT2D eigenvalue weighted by Crippen LogP contribution is -2.32. The number of hydrogen-bond donors (Lipinski definition) is 3. The van der Waals surface area contributed by atoms with E-state index in [0.717, 1.165) is 0 Å². The lowest BCUT2D eigenvalue weighted by atomic mass is 10.2. The quantitative estimate of drug-likeness (QED) is 0.558. The number of carbonyl (C=O) groups excluding carboxylic acids is 2. The van der Waals surface area contributed by atoms with Crippen LogP contribution in [0.2, 0.25) is 0 Å². The summed E-state index contributed by atoms with van der Waals surface area (Å²) in [4.78, 5) is 23.9. The number of hydrogen-bond acceptors (Lipinski definition) is 5. The molecule has 29 heavy (non-hydrogen) atoms.